The number of anilines is 1. The Balaban J connectivity index is 1.56. The molecule has 1 amide bonds. The predicted molar refractivity (Wildman–Crippen MR) is 128 cm³/mol. The Labute approximate surface area is 192 Å². The lowest BCUT2D eigenvalue weighted by Crippen LogP contribution is -2.29. The Morgan fingerprint density at radius 1 is 1.21 bits per heavy atom. The first-order valence-electron chi connectivity index (χ1n) is 11.0. The van der Waals surface area contributed by atoms with Crippen molar-refractivity contribution in [1.29, 1.82) is 0 Å². The number of allylic oxidation sites excluding steroid dienone is 1. The highest BCUT2D eigenvalue weighted by Crippen LogP contribution is 2.30. The van der Waals surface area contributed by atoms with Gasteiger partial charge in [0.05, 0.1) is 24.3 Å². The Morgan fingerprint density at radius 2 is 1.97 bits per heavy atom. The van der Waals surface area contributed by atoms with Crippen molar-refractivity contribution in [2.75, 3.05) is 31.6 Å². The molecule has 0 saturated carbocycles. The lowest BCUT2D eigenvalue weighted by molar-refractivity contribution is 0.0698. The van der Waals surface area contributed by atoms with Crippen LogP contribution in [0.2, 0.25) is 0 Å². The smallest absolute Gasteiger partial charge is 0.336 e. The average molecular weight is 446 g/mol. The first-order valence-corrected chi connectivity index (χ1v) is 11.0. The predicted octanol–water partition coefficient (Wildman–Crippen LogP) is 4.37. The Kier molecular flexibility index (Phi) is 6.31. The van der Waals surface area contributed by atoms with Crippen LogP contribution in [0.5, 0.6) is 5.75 Å². The summed E-state index contributed by atoms with van der Waals surface area (Å²) in [6, 6.07) is 12.5. The number of carbonyl (C=O) groups excluding carboxylic acids is 1. The molecule has 0 radical (unpaired) electrons. The molecule has 0 unspecified atom stereocenters. The van der Waals surface area contributed by atoms with E-state index in [1.54, 1.807) is 36.3 Å². The first kappa shape index (κ1) is 22.3. The van der Waals surface area contributed by atoms with Gasteiger partial charge in [-0.1, -0.05) is 30.3 Å². The Hall–Kier alpha value is -3.87. The van der Waals surface area contributed by atoms with Crippen LogP contribution < -0.4 is 9.64 Å². The first-order chi connectivity index (χ1) is 15.9. The van der Waals surface area contributed by atoms with Crippen LogP contribution in [0.25, 0.3) is 10.8 Å². The molecular formula is C26H27N3O4. The van der Waals surface area contributed by atoms with Gasteiger partial charge in [0.2, 0.25) is 0 Å². The summed E-state index contributed by atoms with van der Waals surface area (Å²) in [7, 11) is 1.79. The average Bonchev–Trinajstić information content (AvgIpc) is 2.93. The number of pyridine rings is 1. The summed E-state index contributed by atoms with van der Waals surface area (Å²) in [5, 5.41) is 10.8. The fourth-order valence-electron chi connectivity index (χ4n) is 4.14. The monoisotopic (exact) mass is 445 g/mol. The van der Waals surface area contributed by atoms with E-state index in [9.17, 15) is 14.7 Å². The second-order valence-electron chi connectivity index (χ2n) is 7.93. The molecular weight excluding hydrogens is 418 g/mol. The van der Waals surface area contributed by atoms with Crippen molar-refractivity contribution >= 4 is 28.5 Å². The largest absolute Gasteiger partial charge is 0.493 e. The third-order valence-electron chi connectivity index (χ3n) is 6.02. The molecule has 4 rings (SSSR count). The van der Waals surface area contributed by atoms with Gasteiger partial charge in [-0.2, -0.15) is 0 Å². The molecule has 0 atom stereocenters. The van der Waals surface area contributed by atoms with E-state index in [-0.39, 0.29) is 11.5 Å². The zero-order valence-electron chi connectivity index (χ0n) is 19.0. The summed E-state index contributed by atoms with van der Waals surface area (Å²) in [5.41, 5.74) is 2.69. The molecule has 170 valence electrons. The summed E-state index contributed by atoms with van der Waals surface area (Å²) in [6.45, 7) is 5.75. The van der Waals surface area contributed by atoms with Gasteiger partial charge in [0.15, 0.2) is 0 Å². The lowest BCUT2D eigenvalue weighted by Gasteiger charge is -2.23. The van der Waals surface area contributed by atoms with Crippen LogP contribution >= 0.6 is 0 Å². The number of benzene rings is 2. The Bertz CT molecular complexity index is 1250. The SMILES string of the molecule is C/C=C1\CN(CC)c2ncc(CCOc3ccc(C(=O)O)c4ccccc34)cc2C(=O)N1C. The normalized spacial score (nSPS) is 15.0. The molecule has 1 aliphatic rings. The fourth-order valence-corrected chi connectivity index (χ4v) is 4.14. The van der Waals surface area contributed by atoms with E-state index in [2.05, 4.69) is 16.8 Å². The number of carboxylic acids is 1. The van der Waals surface area contributed by atoms with Gasteiger partial charge in [0.1, 0.15) is 11.6 Å². The quantitative estimate of drug-likeness (QED) is 0.607. The standard InChI is InChI=1S/C26H27N3O4/c1-4-18-16-29(5-2)24-22(25(30)28(18)3)14-17(15-27-24)12-13-33-23-11-10-21(26(31)32)19-8-6-7-9-20(19)23/h4,6-11,14-15H,5,12-13,16H2,1-3H3,(H,31,32)/b18-4+. The highest BCUT2D eigenvalue weighted by atomic mass is 16.5. The molecule has 7 heteroatoms. The topological polar surface area (TPSA) is 83.0 Å². The van der Waals surface area contributed by atoms with Gasteiger partial charge in [-0.25, -0.2) is 9.78 Å². The number of hydrogen-bond donors (Lipinski definition) is 1. The molecule has 0 spiro atoms. The summed E-state index contributed by atoms with van der Waals surface area (Å²) < 4.78 is 6.02. The van der Waals surface area contributed by atoms with E-state index < -0.39 is 5.97 Å². The van der Waals surface area contributed by atoms with Crippen LogP contribution in [0.4, 0.5) is 5.82 Å². The van der Waals surface area contributed by atoms with E-state index in [1.807, 2.05) is 37.3 Å². The number of fused-ring (bicyclic) bond motifs is 2. The van der Waals surface area contributed by atoms with Gasteiger partial charge in [-0.05, 0) is 43.0 Å². The van der Waals surface area contributed by atoms with E-state index in [0.29, 0.717) is 42.1 Å². The van der Waals surface area contributed by atoms with Crippen LogP contribution in [-0.4, -0.2) is 53.6 Å². The number of nitrogens with zero attached hydrogens (tertiary/aromatic N) is 3. The zero-order chi connectivity index (χ0) is 23.5. The van der Waals surface area contributed by atoms with Gasteiger partial charge < -0.3 is 19.6 Å². The molecule has 1 aromatic heterocycles. The molecule has 0 fully saturated rings. The molecule has 1 aliphatic heterocycles. The van der Waals surface area contributed by atoms with Crippen molar-refractivity contribution in [1.82, 2.24) is 9.88 Å². The maximum absolute atomic E-state index is 13.1. The second-order valence-corrected chi connectivity index (χ2v) is 7.93. The minimum Gasteiger partial charge on any atom is -0.493 e. The number of rotatable bonds is 6. The lowest BCUT2D eigenvalue weighted by atomic mass is 10.0. The van der Waals surface area contributed by atoms with Crippen molar-refractivity contribution in [2.24, 2.45) is 0 Å². The minimum atomic E-state index is -0.967. The summed E-state index contributed by atoms with van der Waals surface area (Å²) in [4.78, 5) is 33.0. The van der Waals surface area contributed by atoms with Gasteiger partial charge in [-0.15, -0.1) is 0 Å². The fraction of sp³-hybridized carbons (Fsp3) is 0.269. The summed E-state index contributed by atoms with van der Waals surface area (Å²) >= 11 is 0. The number of hydrogen-bond acceptors (Lipinski definition) is 5. The van der Waals surface area contributed by atoms with Crippen molar-refractivity contribution in [3.63, 3.8) is 0 Å². The highest BCUT2D eigenvalue weighted by Gasteiger charge is 2.27. The maximum Gasteiger partial charge on any atom is 0.336 e. The van der Waals surface area contributed by atoms with Crippen molar-refractivity contribution in [3.05, 3.63) is 77.1 Å². The number of aromatic carboxylic acids is 1. The zero-order valence-corrected chi connectivity index (χ0v) is 19.0. The number of carbonyl (C=O) groups is 2. The van der Waals surface area contributed by atoms with Crippen LogP contribution in [0, 0.1) is 0 Å². The number of aromatic nitrogens is 1. The van der Waals surface area contributed by atoms with Crippen LogP contribution in [0.3, 0.4) is 0 Å². The molecule has 2 aromatic carbocycles. The highest BCUT2D eigenvalue weighted by molar-refractivity contribution is 6.05. The van der Waals surface area contributed by atoms with E-state index in [1.165, 1.54) is 0 Å². The third-order valence-corrected chi connectivity index (χ3v) is 6.02. The third kappa shape index (κ3) is 4.26. The maximum atomic E-state index is 13.1. The molecule has 0 aliphatic carbocycles. The molecule has 0 saturated heterocycles. The van der Waals surface area contributed by atoms with Crippen molar-refractivity contribution < 1.29 is 19.4 Å². The van der Waals surface area contributed by atoms with E-state index >= 15 is 0 Å². The summed E-state index contributed by atoms with van der Waals surface area (Å²) in [5.74, 6) is 0.292. The number of likely N-dealkylation sites (N-methyl/N-ethyl adjacent to an activating group) is 2. The number of carboxylic acid groups (broad SMARTS) is 1. The van der Waals surface area contributed by atoms with E-state index in [4.69, 9.17) is 4.74 Å². The van der Waals surface area contributed by atoms with Crippen LogP contribution in [-0.2, 0) is 6.42 Å². The van der Waals surface area contributed by atoms with Gasteiger partial charge in [0.25, 0.3) is 5.91 Å². The van der Waals surface area contributed by atoms with Gasteiger partial charge in [0, 0.05) is 37.3 Å². The number of amides is 1. The van der Waals surface area contributed by atoms with Crippen LogP contribution in [0.15, 0.2) is 60.4 Å². The van der Waals surface area contributed by atoms with Crippen molar-refractivity contribution in [2.45, 2.75) is 20.3 Å². The molecule has 0 bridgehead atoms. The second kappa shape index (κ2) is 9.32. The summed E-state index contributed by atoms with van der Waals surface area (Å²) in [6.07, 6.45) is 4.32. The Morgan fingerprint density at radius 3 is 2.67 bits per heavy atom. The molecule has 7 nitrogen and oxygen atoms in total. The molecule has 1 N–H and O–H groups in total. The number of ether oxygens (including phenoxy) is 1. The minimum absolute atomic E-state index is 0.0698. The molecule has 33 heavy (non-hydrogen) atoms. The van der Waals surface area contributed by atoms with Gasteiger partial charge in [-0.3, -0.25) is 4.79 Å². The van der Waals surface area contributed by atoms with E-state index in [0.717, 1.165) is 23.2 Å². The van der Waals surface area contributed by atoms with Crippen molar-refractivity contribution in [3.8, 4) is 5.75 Å². The van der Waals surface area contributed by atoms with Gasteiger partial charge >= 0.3 is 5.97 Å². The molecule has 3 aromatic rings. The van der Waals surface area contributed by atoms with Crippen LogP contribution in [0.1, 0.15) is 40.1 Å². The molecule has 2 heterocycles.